The average Bonchev–Trinajstić information content (AvgIpc) is 2.37. The molecule has 0 aliphatic rings. The molecule has 0 aliphatic heterocycles. The molecule has 0 fully saturated rings. The Bertz CT molecular complexity index is 511. The van der Waals surface area contributed by atoms with Crippen LogP contribution in [0.25, 0.3) is 0 Å². The predicted molar refractivity (Wildman–Crippen MR) is 75.3 cm³/mol. The van der Waals surface area contributed by atoms with Crippen LogP contribution in [0.4, 0.5) is 0 Å². The summed E-state index contributed by atoms with van der Waals surface area (Å²) in [4.78, 5) is 4.22. The summed E-state index contributed by atoms with van der Waals surface area (Å²) in [5, 5.41) is 0. The number of nitrogens with zero attached hydrogens (tertiary/aromatic N) is 1. The van der Waals surface area contributed by atoms with Crippen LogP contribution in [-0.2, 0) is 6.61 Å². The van der Waals surface area contributed by atoms with E-state index in [1.54, 1.807) is 6.20 Å². The van der Waals surface area contributed by atoms with Gasteiger partial charge in [-0.05, 0) is 30.2 Å². The first-order valence-electron chi connectivity index (χ1n) is 5.74. The van der Waals surface area contributed by atoms with E-state index in [4.69, 9.17) is 10.5 Å². The lowest BCUT2D eigenvalue weighted by molar-refractivity contribution is 0.293. The maximum Gasteiger partial charge on any atom is 0.213 e. The van der Waals surface area contributed by atoms with Gasteiger partial charge in [0.25, 0.3) is 0 Å². The number of pyridine rings is 1. The second-order valence-corrected chi connectivity index (χ2v) is 5.05. The van der Waals surface area contributed by atoms with E-state index in [1.807, 2.05) is 43.3 Å². The van der Waals surface area contributed by atoms with Crippen LogP contribution < -0.4 is 10.5 Å². The lowest BCUT2D eigenvalue weighted by Crippen LogP contribution is -2.05. The molecule has 0 saturated heterocycles. The minimum atomic E-state index is -0.00312. The molecule has 2 aromatic rings. The Morgan fingerprint density at radius 3 is 2.78 bits per heavy atom. The van der Waals surface area contributed by atoms with Gasteiger partial charge in [0.05, 0.1) is 0 Å². The fourth-order valence-corrected chi connectivity index (χ4v) is 1.98. The van der Waals surface area contributed by atoms with Gasteiger partial charge in [-0.1, -0.05) is 34.1 Å². The first-order valence-corrected chi connectivity index (χ1v) is 6.53. The molecule has 0 amide bonds. The Hall–Kier alpha value is -1.39. The molecule has 0 spiro atoms. The molecule has 1 aromatic carbocycles. The van der Waals surface area contributed by atoms with E-state index >= 15 is 0 Å². The molecule has 1 aromatic heterocycles. The van der Waals surface area contributed by atoms with Gasteiger partial charge in [-0.15, -0.1) is 0 Å². The highest BCUT2D eigenvalue weighted by molar-refractivity contribution is 9.10. The van der Waals surface area contributed by atoms with Gasteiger partial charge in [-0.2, -0.15) is 0 Å². The highest BCUT2D eigenvalue weighted by Gasteiger charge is 2.01. The Kier molecular flexibility index (Phi) is 4.33. The van der Waals surface area contributed by atoms with Crippen LogP contribution in [0, 0.1) is 0 Å². The highest BCUT2D eigenvalue weighted by Crippen LogP contribution is 2.16. The van der Waals surface area contributed by atoms with Crippen molar-refractivity contribution in [2.24, 2.45) is 5.73 Å². The molecular weight excluding hydrogens is 292 g/mol. The molecule has 0 bridgehead atoms. The Morgan fingerprint density at radius 1 is 1.33 bits per heavy atom. The molecule has 0 unspecified atom stereocenters. The summed E-state index contributed by atoms with van der Waals surface area (Å²) in [6, 6.07) is 11.8. The summed E-state index contributed by atoms with van der Waals surface area (Å²) in [6.45, 7) is 2.43. The average molecular weight is 307 g/mol. The summed E-state index contributed by atoms with van der Waals surface area (Å²) in [5.41, 5.74) is 7.86. The van der Waals surface area contributed by atoms with Crippen LogP contribution in [0.2, 0.25) is 0 Å². The Labute approximate surface area is 115 Å². The lowest BCUT2D eigenvalue weighted by atomic mass is 10.2. The highest BCUT2D eigenvalue weighted by atomic mass is 79.9. The maximum atomic E-state index is 5.76. The van der Waals surface area contributed by atoms with Gasteiger partial charge in [-0.3, -0.25) is 0 Å². The quantitative estimate of drug-likeness (QED) is 0.941. The second-order valence-electron chi connectivity index (χ2n) is 4.14. The minimum Gasteiger partial charge on any atom is -0.473 e. The van der Waals surface area contributed by atoms with Gasteiger partial charge in [0.15, 0.2) is 0 Å². The second kappa shape index (κ2) is 5.98. The van der Waals surface area contributed by atoms with Crippen molar-refractivity contribution in [1.82, 2.24) is 4.98 Å². The molecule has 2 rings (SSSR count). The third kappa shape index (κ3) is 3.55. The minimum absolute atomic E-state index is 0.00312. The lowest BCUT2D eigenvalue weighted by Gasteiger charge is -2.08. The topological polar surface area (TPSA) is 48.1 Å². The van der Waals surface area contributed by atoms with E-state index < -0.39 is 0 Å². The van der Waals surface area contributed by atoms with Gasteiger partial charge in [0.1, 0.15) is 6.61 Å². The molecule has 94 valence electrons. The van der Waals surface area contributed by atoms with E-state index in [0.29, 0.717) is 12.5 Å². The van der Waals surface area contributed by atoms with Crippen molar-refractivity contribution in [1.29, 1.82) is 0 Å². The number of benzene rings is 1. The molecule has 0 saturated carbocycles. The van der Waals surface area contributed by atoms with Crippen LogP contribution in [0.15, 0.2) is 47.1 Å². The molecule has 18 heavy (non-hydrogen) atoms. The standard InChI is InChI=1S/C14H15BrN2O/c1-10(16)12-5-6-14(17-8-12)18-9-11-3-2-4-13(15)7-11/h2-8,10H,9,16H2,1H3/t10-/m0/s1. The maximum absolute atomic E-state index is 5.76. The molecule has 1 heterocycles. The smallest absolute Gasteiger partial charge is 0.213 e. The van der Waals surface area contributed by atoms with Crippen molar-refractivity contribution in [3.8, 4) is 5.88 Å². The largest absolute Gasteiger partial charge is 0.473 e. The fourth-order valence-electron chi connectivity index (χ4n) is 1.53. The number of aromatic nitrogens is 1. The van der Waals surface area contributed by atoms with Crippen LogP contribution in [0.5, 0.6) is 5.88 Å². The number of ether oxygens (including phenoxy) is 1. The number of halogens is 1. The zero-order valence-corrected chi connectivity index (χ0v) is 11.7. The van der Waals surface area contributed by atoms with Crippen molar-refractivity contribution >= 4 is 15.9 Å². The summed E-state index contributed by atoms with van der Waals surface area (Å²) in [5.74, 6) is 0.611. The van der Waals surface area contributed by atoms with Crippen LogP contribution in [-0.4, -0.2) is 4.98 Å². The molecule has 0 radical (unpaired) electrons. The number of rotatable bonds is 4. The molecule has 2 N–H and O–H groups in total. The van der Waals surface area contributed by atoms with Gasteiger partial charge in [-0.25, -0.2) is 4.98 Å². The van der Waals surface area contributed by atoms with Gasteiger partial charge in [0.2, 0.25) is 5.88 Å². The SMILES string of the molecule is C[C@H](N)c1ccc(OCc2cccc(Br)c2)nc1. The van der Waals surface area contributed by atoms with Crippen LogP contribution >= 0.6 is 15.9 Å². The van der Waals surface area contributed by atoms with E-state index in [1.165, 1.54) is 0 Å². The van der Waals surface area contributed by atoms with E-state index in [0.717, 1.165) is 15.6 Å². The van der Waals surface area contributed by atoms with Gasteiger partial charge in [0, 0.05) is 22.8 Å². The monoisotopic (exact) mass is 306 g/mol. The van der Waals surface area contributed by atoms with Crippen molar-refractivity contribution in [3.63, 3.8) is 0 Å². The third-order valence-corrected chi connectivity index (χ3v) is 3.05. The predicted octanol–water partition coefficient (Wildman–Crippen LogP) is 3.44. The summed E-state index contributed by atoms with van der Waals surface area (Å²) < 4.78 is 6.65. The number of hydrogen-bond acceptors (Lipinski definition) is 3. The number of hydrogen-bond donors (Lipinski definition) is 1. The zero-order chi connectivity index (χ0) is 13.0. The first-order chi connectivity index (χ1) is 8.65. The fraction of sp³-hybridized carbons (Fsp3) is 0.214. The van der Waals surface area contributed by atoms with Gasteiger partial charge < -0.3 is 10.5 Å². The van der Waals surface area contributed by atoms with E-state index in [-0.39, 0.29) is 6.04 Å². The van der Waals surface area contributed by atoms with E-state index in [2.05, 4.69) is 20.9 Å². The van der Waals surface area contributed by atoms with Crippen LogP contribution in [0.3, 0.4) is 0 Å². The van der Waals surface area contributed by atoms with Crippen molar-refractivity contribution in [2.45, 2.75) is 19.6 Å². The normalized spacial score (nSPS) is 12.2. The number of nitrogens with two attached hydrogens (primary N) is 1. The van der Waals surface area contributed by atoms with E-state index in [9.17, 15) is 0 Å². The van der Waals surface area contributed by atoms with Crippen molar-refractivity contribution in [2.75, 3.05) is 0 Å². The van der Waals surface area contributed by atoms with Crippen LogP contribution in [0.1, 0.15) is 24.1 Å². The van der Waals surface area contributed by atoms with Crippen molar-refractivity contribution in [3.05, 3.63) is 58.2 Å². The molecule has 4 heteroatoms. The van der Waals surface area contributed by atoms with Gasteiger partial charge >= 0.3 is 0 Å². The molecule has 1 atom stereocenters. The third-order valence-electron chi connectivity index (χ3n) is 2.56. The molecule has 0 aliphatic carbocycles. The molecular formula is C14H15BrN2O. The first kappa shape index (κ1) is 13.1. The summed E-state index contributed by atoms with van der Waals surface area (Å²) in [7, 11) is 0. The molecule has 3 nitrogen and oxygen atoms in total. The Morgan fingerprint density at radius 2 is 2.17 bits per heavy atom. The summed E-state index contributed by atoms with van der Waals surface area (Å²) in [6.07, 6.45) is 1.75. The summed E-state index contributed by atoms with van der Waals surface area (Å²) >= 11 is 3.43. The van der Waals surface area contributed by atoms with Crippen molar-refractivity contribution < 1.29 is 4.74 Å². The Balaban J connectivity index is 1.98. The zero-order valence-electron chi connectivity index (χ0n) is 10.1.